The van der Waals surface area contributed by atoms with Crippen LogP contribution in [0.5, 0.6) is 0 Å². The molecule has 1 fully saturated rings. The molecule has 6 nitrogen and oxygen atoms in total. The van der Waals surface area contributed by atoms with E-state index in [0.717, 1.165) is 42.1 Å². The first-order chi connectivity index (χ1) is 10.2. The van der Waals surface area contributed by atoms with E-state index in [0.29, 0.717) is 6.42 Å². The van der Waals surface area contributed by atoms with Crippen LogP contribution in [0.1, 0.15) is 12.1 Å². The highest BCUT2D eigenvalue weighted by molar-refractivity contribution is 7.14. The first-order valence-electron chi connectivity index (χ1n) is 6.78. The number of thiazole rings is 2. The molecule has 1 aliphatic rings. The third-order valence-corrected chi connectivity index (χ3v) is 5.16. The molecule has 1 saturated heterocycles. The highest BCUT2D eigenvalue weighted by atomic mass is 32.1. The van der Waals surface area contributed by atoms with E-state index >= 15 is 0 Å². The fraction of sp³-hybridized carbons (Fsp3) is 0.462. The molecule has 0 unspecified atom stereocenters. The summed E-state index contributed by atoms with van der Waals surface area (Å²) in [6.07, 6.45) is 2.48. The standard InChI is InChI=1S/C13H16N4O2S2/c18-11(19)2-1-10-9-21-13(15-10)17-6-4-16(5-7-17)12-14-3-8-20-12/h3,8-9H,1-2,4-7H2,(H,18,19). The second-order valence-electron chi connectivity index (χ2n) is 4.80. The number of piperazine rings is 1. The van der Waals surface area contributed by atoms with Crippen LogP contribution in [0.3, 0.4) is 0 Å². The molecule has 0 radical (unpaired) electrons. The predicted molar refractivity (Wildman–Crippen MR) is 84.6 cm³/mol. The van der Waals surface area contributed by atoms with Crippen LogP contribution in [-0.4, -0.2) is 47.2 Å². The van der Waals surface area contributed by atoms with Crippen LogP contribution in [-0.2, 0) is 11.2 Å². The van der Waals surface area contributed by atoms with Gasteiger partial charge in [-0.05, 0) is 0 Å². The monoisotopic (exact) mass is 324 g/mol. The van der Waals surface area contributed by atoms with Gasteiger partial charge < -0.3 is 14.9 Å². The largest absolute Gasteiger partial charge is 0.481 e. The van der Waals surface area contributed by atoms with Gasteiger partial charge in [0.05, 0.1) is 12.1 Å². The van der Waals surface area contributed by atoms with Crippen LogP contribution in [0.15, 0.2) is 17.0 Å². The summed E-state index contributed by atoms with van der Waals surface area (Å²) >= 11 is 3.26. The molecule has 21 heavy (non-hydrogen) atoms. The van der Waals surface area contributed by atoms with Crippen LogP contribution in [0.2, 0.25) is 0 Å². The van der Waals surface area contributed by atoms with Crippen LogP contribution >= 0.6 is 22.7 Å². The molecule has 0 atom stereocenters. The fourth-order valence-corrected chi connectivity index (χ4v) is 3.86. The lowest BCUT2D eigenvalue weighted by molar-refractivity contribution is -0.136. The maximum absolute atomic E-state index is 10.6. The highest BCUT2D eigenvalue weighted by Gasteiger charge is 2.20. The molecule has 2 aromatic heterocycles. The number of nitrogens with zero attached hydrogens (tertiary/aromatic N) is 4. The van der Waals surface area contributed by atoms with Gasteiger partial charge >= 0.3 is 5.97 Å². The van der Waals surface area contributed by atoms with Crippen molar-refractivity contribution < 1.29 is 9.90 Å². The molecule has 0 saturated carbocycles. The molecule has 8 heteroatoms. The minimum atomic E-state index is -0.776. The SMILES string of the molecule is O=C(O)CCc1csc(N2CCN(c3nccs3)CC2)n1. The molecular formula is C13H16N4O2S2. The maximum Gasteiger partial charge on any atom is 0.303 e. The molecule has 2 aromatic rings. The van der Waals surface area contributed by atoms with E-state index in [-0.39, 0.29) is 6.42 Å². The smallest absolute Gasteiger partial charge is 0.303 e. The summed E-state index contributed by atoms with van der Waals surface area (Å²) < 4.78 is 0. The van der Waals surface area contributed by atoms with E-state index < -0.39 is 5.97 Å². The summed E-state index contributed by atoms with van der Waals surface area (Å²) in [5.41, 5.74) is 0.875. The molecule has 1 aliphatic heterocycles. The molecule has 0 spiro atoms. The van der Waals surface area contributed by atoms with Crippen molar-refractivity contribution in [2.24, 2.45) is 0 Å². The summed E-state index contributed by atoms with van der Waals surface area (Å²) in [6, 6.07) is 0. The third kappa shape index (κ3) is 3.51. The predicted octanol–water partition coefficient (Wildman–Crippen LogP) is 1.94. The lowest BCUT2D eigenvalue weighted by Crippen LogP contribution is -2.46. The number of anilines is 2. The average Bonchev–Trinajstić information content (AvgIpc) is 3.17. The lowest BCUT2D eigenvalue weighted by Gasteiger charge is -2.34. The number of hydrogen-bond acceptors (Lipinski definition) is 7. The van der Waals surface area contributed by atoms with E-state index in [9.17, 15) is 4.79 Å². The topological polar surface area (TPSA) is 69.6 Å². The Hall–Kier alpha value is -1.67. The highest BCUT2D eigenvalue weighted by Crippen LogP contribution is 2.25. The number of rotatable bonds is 5. The molecule has 0 aliphatic carbocycles. The lowest BCUT2D eigenvalue weighted by atomic mass is 10.2. The van der Waals surface area contributed by atoms with Crippen molar-refractivity contribution in [3.8, 4) is 0 Å². The van der Waals surface area contributed by atoms with Gasteiger partial charge in [0.25, 0.3) is 0 Å². The van der Waals surface area contributed by atoms with Gasteiger partial charge in [-0.2, -0.15) is 0 Å². The minimum absolute atomic E-state index is 0.140. The molecule has 3 heterocycles. The molecule has 3 rings (SSSR count). The zero-order valence-corrected chi connectivity index (χ0v) is 13.1. The van der Waals surface area contributed by atoms with Gasteiger partial charge in [-0.3, -0.25) is 4.79 Å². The summed E-state index contributed by atoms with van der Waals surface area (Å²) in [4.78, 5) is 24.0. The van der Waals surface area contributed by atoms with Crippen LogP contribution in [0, 0.1) is 0 Å². The second kappa shape index (κ2) is 6.40. The first kappa shape index (κ1) is 14.3. The van der Waals surface area contributed by atoms with E-state index in [1.54, 1.807) is 22.7 Å². The number of aliphatic carboxylic acids is 1. The van der Waals surface area contributed by atoms with Crippen LogP contribution in [0.4, 0.5) is 10.3 Å². The Morgan fingerprint density at radius 2 is 1.90 bits per heavy atom. The summed E-state index contributed by atoms with van der Waals surface area (Å²) in [7, 11) is 0. The van der Waals surface area contributed by atoms with E-state index in [1.165, 1.54) is 0 Å². The number of carboxylic acid groups (broad SMARTS) is 1. The van der Waals surface area contributed by atoms with Crippen molar-refractivity contribution in [3.63, 3.8) is 0 Å². The van der Waals surface area contributed by atoms with Crippen molar-refractivity contribution in [1.82, 2.24) is 9.97 Å². The van der Waals surface area contributed by atoms with Crippen molar-refractivity contribution >= 4 is 38.9 Å². The molecule has 0 bridgehead atoms. The maximum atomic E-state index is 10.6. The van der Waals surface area contributed by atoms with Gasteiger partial charge in [0.1, 0.15) is 0 Å². The van der Waals surface area contributed by atoms with Crippen molar-refractivity contribution in [3.05, 3.63) is 22.7 Å². The van der Waals surface area contributed by atoms with Gasteiger partial charge in [0.2, 0.25) is 0 Å². The van der Waals surface area contributed by atoms with Gasteiger partial charge in [0.15, 0.2) is 10.3 Å². The first-order valence-corrected chi connectivity index (χ1v) is 8.54. The number of aromatic nitrogens is 2. The van der Waals surface area contributed by atoms with Gasteiger partial charge in [0, 0.05) is 49.6 Å². The van der Waals surface area contributed by atoms with E-state index in [1.807, 2.05) is 17.0 Å². The molecule has 1 N–H and O–H groups in total. The Labute approximate surface area is 130 Å². The zero-order valence-electron chi connectivity index (χ0n) is 11.4. The van der Waals surface area contributed by atoms with Crippen LogP contribution < -0.4 is 9.80 Å². The molecule has 112 valence electrons. The molecule has 0 amide bonds. The van der Waals surface area contributed by atoms with Crippen LogP contribution in [0.25, 0.3) is 0 Å². The normalized spacial score (nSPS) is 15.4. The molecule has 0 aromatic carbocycles. The van der Waals surface area contributed by atoms with Crippen molar-refractivity contribution in [2.45, 2.75) is 12.8 Å². The Balaban J connectivity index is 1.55. The minimum Gasteiger partial charge on any atom is -0.481 e. The number of carbonyl (C=O) groups is 1. The third-order valence-electron chi connectivity index (χ3n) is 3.37. The van der Waals surface area contributed by atoms with Crippen molar-refractivity contribution in [2.75, 3.05) is 36.0 Å². The summed E-state index contributed by atoms with van der Waals surface area (Å²) in [6.45, 7) is 3.73. The number of carboxylic acids is 1. The Kier molecular flexibility index (Phi) is 4.35. The Morgan fingerprint density at radius 1 is 1.19 bits per heavy atom. The van der Waals surface area contributed by atoms with Gasteiger partial charge in [-0.15, -0.1) is 22.7 Å². The quantitative estimate of drug-likeness (QED) is 0.906. The Bertz CT molecular complexity index is 591. The summed E-state index contributed by atoms with van der Waals surface area (Å²) in [5.74, 6) is -0.776. The van der Waals surface area contributed by atoms with Gasteiger partial charge in [-0.1, -0.05) is 0 Å². The fourth-order valence-electron chi connectivity index (χ4n) is 2.25. The van der Waals surface area contributed by atoms with E-state index in [2.05, 4.69) is 19.8 Å². The number of hydrogen-bond donors (Lipinski definition) is 1. The Morgan fingerprint density at radius 3 is 2.52 bits per heavy atom. The van der Waals surface area contributed by atoms with Gasteiger partial charge in [-0.25, -0.2) is 9.97 Å². The average molecular weight is 324 g/mol. The van der Waals surface area contributed by atoms with Crippen molar-refractivity contribution in [1.29, 1.82) is 0 Å². The number of aryl methyl sites for hydroxylation is 1. The zero-order chi connectivity index (χ0) is 14.7. The second-order valence-corrected chi connectivity index (χ2v) is 6.51. The van der Waals surface area contributed by atoms with E-state index in [4.69, 9.17) is 5.11 Å². The molecular weight excluding hydrogens is 308 g/mol. The summed E-state index contributed by atoms with van der Waals surface area (Å²) in [5, 5.41) is 14.7.